The number of anilines is 1. The Hall–Kier alpha value is -1.02. The van der Waals surface area contributed by atoms with Gasteiger partial charge >= 0.3 is 0 Å². The zero-order chi connectivity index (χ0) is 22.4. The van der Waals surface area contributed by atoms with Crippen LogP contribution in [0.4, 0.5) is 5.69 Å². The van der Waals surface area contributed by atoms with Gasteiger partial charge in [-0.25, -0.2) is 0 Å². The maximum Gasteiger partial charge on any atom is 0.0553 e. The molecule has 0 bridgehead atoms. The zero-order valence-corrected chi connectivity index (χ0v) is 21.1. The fourth-order valence-corrected chi connectivity index (χ4v) is 4.34. The molecular formula is C27H51NO. The second-order valence-electron chi connectivity index (χ2n) is 9.25. The molecule has 1 aliphatic heterocycles. The van der Waals surface area contributed by atoms with Crippen molar-refractivity contribution >= 4 is 5.69 Å². The Morgan fingerprint density at radius 3 is 2.03 bits per heavy atom. The number of nitrogens with two attached hydrogens (primary N) is 1. The van der Waals surface area contributed by atoms with Gasteiger partial charge in [0, 0.05) is 5.69 Å². The van der Waals surface area contributed by atoms with Gasteiger partial charge in [-0.15, -0.1) is 0 Å². The van der Waals surface area contributed by atoms with E-state index >= 15 is 0 Å². The minimum atomic E-state index is 0.478. The van der Waals surface area contributed by atoms with E-state index in [1.807, 2.05) is 32.9 Å². The fourth-order valence-electron chi connectivity index (χ4n) is 4.34. The van der Waals surface area contributed by atoms with Gasteiger partial charge in [0.05, 0.1) is 12.2 Å². The van der Waals surface area contributed by atoms with Crippen LogP contribution in [0.5, 0.6) is 0 Å². The van der Waals surface area contributed by atoms with Crippen LogP contribution in [0.1, 0.15) is 105 Å². The van der Waals surface area contributed by atoms with E-state index in [0.717, 1.165) is 23.4 Å². The molecule has 1 aromatic carbocycles. The second kappa shape index (κ2) is 15.8. The molecule has 29 heavy (non-hydrogen) atoms. The van der Waals surface area contributed by atoms with E-state index in [9.17, 15) is 0 Å². The lowest BCUT2D eigenvalue weighted by Gasteiger charge is -2.34. The number of aryl methyl sites for hydroxylation is 1. The van der Waals surface area contributed by atoms with Crippen molar-refractivity contribution in [2.45, 2.75) is 119 Å². The van der Waals surface area contributed by atoms with E-state index in [4.69, 9.17) is 10.5 Å². The van der Waals surface area contributed by atoms with E-state index in [-0.39, 0.29) is 0 Å². The van der Waals surface area contributed by atoms with Crippen molar-refractivity contribution < 1.29 is 4.74 Å². The van der Waals surface area contributed by atoms with E-state index in [0.29, 0.717) is 12.2 Å². The molecule has 0 radical (unpaired) electrons. The third-order valence-electron chi connectivity index (χ3n) is 5.96. The summed E-state index contributed by atoms with van der Waals surface area (Å²) in [5, 5.41) is 0. The quantitative estimate of drug-likeness (QED) is 0.462. The summed E-state index contributed by atoms with van der Waals surface area (Å²) < 4.78 is 5.86. The highest BCUT2D eigenvalue weighted by Gasteiger charge is 2.26. The van der Waals surface area contributed by atoms with Gasteiger partial charge in [-0.1, -0.05) is 72.4 Å². The van der Waals surface area contributed by atoms with Crippen LogP contribution in [0.25, 0.3) is 0 Å². The molecule has 1 aromatic rings. The Morgan fingerprint density at radius 1 is 1.00 bits per heavy atom. The van der Waals surface area contributed by atoms with Crippen molar-refractivity contribution in [1.82, 2.24) is 0 Å². The average molecular weight is 406 g/mol. The Labute approximate surface area is 183 Å². The molecule has 0 aromatic heterocycles. The van der Waals surface area contributed by atoms with Gasteiger partial charge < -0.3 is 10.5 Å². The van der Waals surface area contributed by atoms with Crippen molar-refractivity contribution in [1.29, 1.82) is 0 Å². The van der Waals surface area contributed by atoms with Gasteiger partial charge in [0.25, 0.3) is 0 Å². The Balaban J connectivity index is 0.000000595. The van der Waals surface area contributed by atoms with Crippen LogP contribution >= 0.6 is 0 Å². The predicted octanol–water partition coefficient (Wildman–Crippen LogP) is 8.34. The minimum absolute atomic E-state index is 0.478. The first-order chi connectivity index (χ1) is 13.7. The van der Waals surface area contributed by atoms with Crippen molar-refractivity contribution in [3.8, 4) is 0 Å². The molecule has 1 heterocycles. The summed E-state index contributed by atoms with van der Waals surface area (Å²) in [5.41, 5.74) is 8.96. The first-order valence-corrected chi connectivity index (χ1v) is 12.2. The topological polar surface area (TPSA) is 35.2 Å². The molecule has 0 spiro atoms. The van der Waals surface area contributed by atoms with Crippen LogP contribution < -0.4 is 5.73 Å². The van der Waals surface area contributed by atoms with E-state index in [1.54, 1.807) is 0 Å². The highest BCUT2D eigenvalue weighted by molar-refractivity contribution is 5.49. The van der Waals surface area contributed by atoms with Gasteiger partial charge in [-0.05, 0) is 81.9 Å². The van der Waals surface area contributed by atoms with Crippen molar-refractivity contribution in [2.24, 2.45) is 17.8 Å². The summed E-state index contributed by atoms with van der Waals surface area (Å²) in [6.45, 7) is 19.6. The molecule has 2 rings (SSSR count). The Bertz CT molecular complexity index is 495. The number of hydrogen-bond acceptors (Lipinski definition) is 2. The minimum Gasteiger partial charge on any atom is -0.399 e. The Morgan fingerprint density at radius 2 is 1.59 bits per heavy atom. The van der Waals surface area contributed by atoms with E-state index in [1.165, 1.54) is 56.1 Å². The summed E-state index contributed by atoms with van der Waals surface area (Å²) in [7, 11) is 0. The maximum absolute atomic E-state index is 5.86. The van der Waals surface area contributed by atoms with Crippen LogP contribution in [0, 0.1) is 31.6 Å². The molecule has 2 N–H and O–H groups in total. The average Bonchev–Trinajstić information content (AvgIpc) is 2.65. The lowest BCUT2D eigenvalue weighted by Crippen LogP contribution is -2.30. The summed E-state index contributed by atoms with van der Waals surface area (Å²) in [6, 6.07) is 5.95. The highest BCUT2D eigenvalue weighted by atomic mass is 16.5. The van der Waals surface area contributed by atoms with E-state index < -0.39 is 0 Å². The summed E-state index contributed by atoms with van der Waals surface area (Å²) in [4.78, 5) is 0. The number of hydrogen-bond donors (Lipinski definition) is 1. The second-order valence-corrected chi connectivity index (χ2v) is 9.25. The summed E-state index contributed by atoms with van der Waals surface area (Å²) >= 11 is 0. The lowest BCUT2D eigenvalue weighted by molar-refractivity contribution is -0.0564. The Kier molecular flexibility index (Phi) is 15.2. The molecule has 0 amide bonds. The molecule has 1 saturated heterocycles. The van der Waals surface area contributed by atoms with Gasteiger partial charge in [0.2, 0.25) is 0 Å². The van der Waals surface area contributed by atoms with Crippen LogP contribution in [0.3, 0.4) is 0 Å². The molecule has 0 saturated carbocycles. The third-order valence-corrected chi connectivity index (χ3v) is 5.96. The molecule has 2 heteroatoms. The van der Waals surface area contributed by atoms with Gasteiger partial charge in [0.15, 0.2) is 0 Å². The first-order valence-electron chi connectivity index (χ1n) is 12.2. The monoisotopic (exact) mass is 405 g/mol. The smallest absolute Gasteiger partial charge is 0.0553 e. The van der Waals surface area contributed by atoms with Crippen molar-refractivity contribution in [2.75, 3.05) is 5.73 Å². The number of nitrogen functional groups attached to an aromatic ring is 1. The SMILES string of the molecule is CC.CCCC(CCC(C)C)CC1CC(C)OC(C)C1.Cc1cccc(N)c1C. The van der Waals surface area contributed by atoms with Gasteiger partial charge in [0.1, 0.15) is 0 Å². The van der Waals surface area contributed by atoms with E-state index in [2.05, 4.69) is 47.6 Å². The number of ether oxygens (including phenoxy) is 1. The molecule has 0 aliphatic carbocycles. The fraction of sp³-hybridized carbons (Fsp3) is 0.778. The predicted molar refractivity (Wildman–Crippen MR) is 131 cm³/mol. The molecule has 3 unspecified atom stereocenters. The molecular weight excluding hydrogens is 354 g/mol. The van der Waals surface area contributed by atoms with Crippen LogP contribution in [0.15, 0.2) is 18.2 Å². The largest absolute Gasteiger partial charge is 0.399 e. The molecule has 1 aliphatic rings. The number of benzene rings is 1. The highest BCUT2D eigenvalue weighted by Crippen LogP contribution is 2.33. The van der Waals surface area contributed by atoms with Gasteiger partial charge in [-0.3, -0.25) is 0 Å². The van der Waals surface area contributed by atoms with Crippen molar-refractivity contribution in [3.63, 3.8) is 0 Å². The molecule has 170 valence electrons. The summed E-state index contributed by atoms with van der Waals surface area (Å²) in [6.07, 6.45) is 10.6. The first kappa shape index (κ1) is 28.0. The standard InChI is InChI=1S/C17H34O.C8H11N.C2H6/c1-6-7-16(9-8-13(2)3)12-17-10-14(4)18-15(5)11-17;1-6-4-3-5-8(9)7(6)2;1-2/h13-17H,6-12H2,1-5H3;3-5H,9H2,1-2H3;1-2H3. The molecule has 2 nitrogen and oxygen atoms in total. The lowest BCUT2D eigenvalue weighted by atomic mass is 9.81. The third kappa shape index (κ3) is 12.3. The van der Waals surface area contributed by atoms with Crippen LogP contribution in [0.2, 0.25) is 0 Å². The van der Waals surface area contributed by atoms with Crippen LogP contribution in [-0.4, -0.2) is 12.2 Å². The zero-order valence-electron chi connectivity index (χ0n) is 21.1. The summed E-state index contributed by atoms with van der Waals surface area (Å²) in [5.74, 6) is 2.73. The molecule has 1 fully saturated rings. The van der Waals surface area contributed by atoms with Crippen molar-refractivity contribution in [3.05, 3.63) is 29.3 Å². The van der Waals surface area contributed by atoms with Crippen LogP contribution in [-0.2, 0) is 4.74 Å². The maximum atomic E-state index is 5.86. The number of rotatable bonds is 7. The molecule has 3 atom stereocenters. The normalized spacial score (nSPS) is 22.2. The van der Waals surface area contributed by atoms with Gasteiger partial charge in [-0.2, -0.15) is 0 Å².